The molecule has 0 aliphatic rings. The third-order valence-corrected chi connectivity index (χ3v) is 5.53. The number of hydrogen-bond acceptors (Lipinski definition) is 7. The molecule has 9 heteroatoms. The maximum atomic E-state index is 12.7. The molecule has 0 fully saturated rings. The van der Waals surface area contributed by atoms with Crippen molar-refractivity contribution < 1.29 is 28.2 Å². The van der Waals surface area contributed by atoms with E-state index in [1.807, 2.05) is 0 Å². The molecular weight excluding hydrogens is 386 g/mol. The molecule has 142 valence electrons. The van der Waals surface area contributed by atoms with Gasteiger partial charge in [0.05, 0.1) is 10.3 Å². The Bertz CT molecular complexity index is 1390. The van der Waals surface area contributed by atoms with Crippen molar-refractivity contribution in [3.8, 4) is 17.2 Å². The highest BCUT2D eigenvalue weighted by Crippen LogP contribution is 2.30. The van der Waals surface area contributed by atoms with Gasteiger partial charge in [0.1, 0.15) is 33.8 Å². The van der Waals surface area contributed by atoms with Crippen LogP contribution in [0.3, 0.4) is 0 Å². The number of phenolic OH excluding ortho intramolecular Hbond substituents is 3. The van der Waals surface area contributed by atoms with E-state index in [0.717, 1.165) is 6.07 Å². The summed E-state index contributed by atoms with van der Waals surface area (Å²) >= 11 is 0. The van der Waals surface area contributed by atoms with Crippen LogP contribution in [0.15, 0.2) is 68.7 Å². The highest BCUT2D eigenvalue weighted by molar-refractivity contribution is 7.92. The molecule has 0 atom stereocenters. The molecule has 0 amide bonds. The Morgan fingerprint density at radius 1 is 0.821 bits per heavy atom. The molecule has 0 aliphatic carbocycles. The lowest BCUT2D eigenvalue weighted by Crippen LogP contribution is -2.13. The highest BCUT2D eigenvalue weighted by atomic mass is 32.2. The first-order valence-corrected chi connectivity index (χ1v) is 9.47. The summed E-state index contributed by atoms with van der Waals surface area (Å²) in [6.45, 7) is 0. The SMILES string of the molecule is O=c1c2cc(NS(=O)(=O)c3ccc(O)cc3)ccc2oc2cc(O)cc(O)c12. The van der Waals surface area contributed by atoms with Crippen LogP contribution in [0, 0.1) is 0 Å². The van der Waals surface area contributed by atoms with Crippen molar-refractivity contribution in [1.29, 1.82) is 0 Å². The van der Waals surface area contributed by atoms with Gasteiger partial charge < -0.3 is 19.7 Å². The second-order valence-corrected chi connectivity index (χ2v) is 7.76. The fraction of sp³-hybridized carbons (Fsp3) is 0. The van der Waals surface area contributed by atoms with Crippen molar-refractivity contribution in [2.24, 2.45) is 0 Å². The Morgan fingerprint density at radius 2 is 1.54 bits per heavy atom. The van der Waals surface area contributed by atoms with E-state index in [9.17, 15) is 28.5 Å². The second-order valence-electron chi connectivity index (χ2n) is 6.08. The third kappa shape index (κ3) is 2.97. The number of aromatic hydroxyl groups is 3. The lowest BCUT2D eigenvalue weighted by molar-refractivity contribution is 0.453. The smallest absolute Gasteiger partial charge is 0.261 e. The van der Waals surface area contributed by atoms with Gasteiger partial charge in [-0.05, 0) is 42.5 Å². The molecule has 4 aromatic rings. The van der Waals surface area contributed by atoms with Crippen molar-refractivity contribution in [2.45, 2.75) is 4.90 Å². The molecule has 1 aromatic heterocycles. The molecule has 0 aliphatic heterocycles. The predicted octanol–water partition coefficient (Wildman–Crippen LogP) is 2.86. The monoisotopic (exact) mass is 399 g/mol. The van der Waals surface area contributed by atoms with Crippen LogP contribution < -0.4 is 10.2 Å². The molecule has 28 heavy (non-hydrogen) atoms. The van der Waals surface area contributed by atoms with E-state index in [0.29, 0.717) is 0 Å². The lowest BCUT2D eigenvalue weighted by Gasteiger charge is -2.09. The fourth-order valence-electron chi connectivity index (χ4n) is 2.85. The topological polar surface area (TPSA) is 137 Å². The van der Waals surface area contributed by atoms with Gasteiger partial charge in [-0.1, -0.05) is 0 Å². The lowest BCUT2D eigenvalue weighted by atomic mass is 10.1. The minimum atomic E-state index is -3.94. The summed E-state index contributed by atoms with van der Waals surface area (Å²) in [6.07, 6.45) is 0. The first kappa shape index (κ1) is 17.7. The third-order valence-electron chi connectivity index (χ3n) is 4.14. The van der Waals surface area contributed by atoms with Gasteiger partial charge in [-0.15, -0.1) is 0 Å². The number of fused-ring (bicyclic) bond motifs is 2. The van der Waals surface area contributed by atoms with Gasteiger partial charge in [0.15, 0.2) is 0 Å². The molecule has 1 heterocycles. The number of rotatable bonds is 3. The molecule has 4 rings (SSSR count). The Labute approximate surface area is 158 Å². The van der Waals surface area contributed by atoms with Crippen LogP contribution in [-0.2, 0) is 10.0 Å². The zero-order chi connectivity index (χ0) is 20.1. The van der Waals surface area contributed by atoms with Gasteiger partial charge in [0.2, 0.25) is 5.43 Å². The average molecular weight is 399 g/mol. The van der Waals surface area contributed by atoms with Crippen LogP contribution in [0.25, 0.3) is 21.9 Å². The summed E-state index contributed by atoms with van der Waals surface area (Å²) < 4.78 is 32.9. The Hall–Kier alpha value is -3.72. The molecule has 3 aromatic carbocycles. The van der Waals surface area contributed by atoms with E-state index in [1.165, 1.54) is 48.5 Å². The Kier molecular flexibility index (Phi) is 3.90. The number of benzene rings is 3. The van der Waals surface area contributed by atoms with Crippen LogP contribution in [-0.4, -0.2) is 23.7 Å². The van der Waals surface area contributed by atoms with Crippen LogP contribution in [0.2, 0.25) is 0 Å². The van der Waals surface area contributed by atoms with Crippen molar-refractivity contribution in [1.82, 2.24) is 0 Å². The fourth-order valence-corrected chi connectivity index (χ4v) is 3.90. The van der Waals surface area contributed by atoms with Crippen molar-refractivity contribution in [3.05, 3.63) is 64.8 Å². The van der Waals surface area contributed by atoms with E-state index in [4.69, 9.17) is 4.42 Å². The number of phenols is 3. The van der Waals surface area contributed by atoms with Crippen LogP contribution in [0.5, 0.6) is 17.2 Å². The van der Waals surface area contributed by atoms with Gasteiger partial charge in [0.25, 0.3) is 10.0 Å². The molecule has 4 N–H and O–H groups in total. The summed E-state index contributed by atoms with van der Waals surface area (Å²) in [4.78, 5) is 12.7. The van der Waals surface area contributed by atoms with E-state index < -0.39 is 21.2 Å². The van der Waals surface area contributed by atoms with Crippen molar-refractivity contribution in [3.63, 3.8) is 0 Å². The molecule has 0 radical (unpaired) electrons. The minimum absolute atomic E-state index is 0.00687. The number of hydrogen-bond donors (Lipinski definition) is 4. The van der Waals surface area contributed by atoms with Gasteiger partial charge >= 0.3 is 0 Å². The quantitative estimate of drug-likeness (QED) is 0.389. The average Bonchev–Trinajstić information content (AvgIpc) is 2.62. The van der Waals surface area contributed by atoms with Crippen LogP contribution in [0.4, 0.5) is 5.69 Å². The summed E-state index contributed by atoms with van der Waals surface area (Å²) in [5.41, 5.74) is -0.285. The maximum absolute atomic E-state index is 12.7. The first-order chi connectivity index (χ1) is 13.2. The molecule has 0 saturated carbocycles. The molecule has 8 nitrogen and oxygen atoms in total. The highest BCUT2D eigenvalue weighted by Gasteiger charge is 2.17. The summed E-state index contributed by atoms with van der Waals surface area (Å²) in [5.74, 6) is -0.772. The first-order valence-electron chi connectivity index (χ1n) is 7.99. The predicted molar refractivity (Wildman–Crippen MR) is 102 cm³/mol. The van der Waals surface area contributed by atoms with Crippen molar-refractivity contribution >= 4 is 37.6 Å². The summed E-state index contributed by atoms with van der Waals surface area (Å²) in [7, 11) is -3.94. The molecule has 0 spiro atoms. The Morgan fingerprint density at radius 3 is 2.25 bits per heavy atom. The minimum Gasteiger partial charge on any atom is -0.508 e. The normalized spacial score (nSPS) is 11.7. The standard InChI is InChI=1S/C19H13NO7S/c21-11-2-4-13(5-3-11)28(25,26)20-10-1-6-16-14(7-10)19(24)18-15(23)8-12(22)9-17(18)27-16/h1-9,20-23H. The largest absolute Gasteiger partial charge is 0.508 e. The zero-order valence-corrected chi connectivity index (χ0v) is 14.9. The molecule has 0 saturated heterocycles. The van der Waals surface area contributed by atoms with E-state index in [1.54, 1.807) is 0 Å². The number of anilines is 1. The van der Waals surface area contributed by atoms with Gasteiger partial charge in [-0.25, -0.2) is 8.42 Å². The Balaban J connectivity index is 1.83. The van der Waals surface area contributed by atoms with Gasteiger partial charge in [-0.2, -0.15) is 0 Å². The molecule has 0 bridgehead atoms. The maximum Gasteiger partial charge on any atom is 0.261 e. The molecular formula is C19H13NO7S. The van der Waals surface area contributed by atoms with Crippen LogP contribution in [0.1, 0.15) is 0 Å². The second kappa shape index (κ2) is 6.17. The number of sulfonamides is 1. The van der Waals surface area contributed by atoms with Crippen LogP contribution >= 0.6 is 0 Å². The van der Waals surface area contributed by atoms with Crippen molar-refractivity contribution in [2.75, 3.05) is 4.72 Å². The molecule has 0 unspecified atom stereocenters. The summed E-state index contributed by atoms with van der Waals surface area (Å²) in [5, 5.41) is 28.7. The number of nitrogens with one attached hydrogen (secondary N) is 1. The van der Waals surface area contributed by atoms with E-state index in [2.05, 4.69) is 4.72 Å². The van der Waals surface area contributed by atoms with Gasteiger partial charge in [0, 0.05) is 17.8 Å². The van der Waals surface area contributed by atoms with E-state index >= 15 is 0 Å². The van der Waals surface area contributed by atoms with Gasteiger partial charge in [-0.3, -0.25) is 9.52 Å². The van der Waals surface area contributed by atoms with E-state index in [-0.39, 0.29) is 44.0 Å². The zero-order valence-electron chi connectivity index (χ0n) is 14.1. The summed E-state index contributed by atoms with van der Waals surface area (Å²) in [6, 6.07) is 11.3.